The van der Waals surface area contributed by atoms with Gasteiger partial charge in [0.05, 0.1) is 11.5 Å². The van der Waals surface area contributed by atoms with Gasteiger partial charge in [-0.25, -0.2) is 17.9 Å². The maximum atomic E-state index is 13.4. The maximum absolute atomic E-state index is 13.4. The van der Waals surface area contributed by atoms with Crippen LogP contribution in [0.15, 0.2) is 23.1 Å². The van der Waals surface area contributed by atoms with E-state index >= 15 is 0 Å². The fourth-order valence-corrected chi connectivity index (χ4v) is 2.21. The van der Waals surface area contributed by atoms with E-state index in [2.05, 4.69) is 0 Å². The molecule has 112 valence electrons. The second kappa shape index (κ2) is 6.78. The Bertz CT molecular complexity index is 589. The molecular weight excluding hydrogens is 287 g/mol. The summed E-state index contributed by atoms with van der Waals surface area (Å²) in [7, 11) is -2.57. The first-order chi connectivity index (χ1) is 9.29. The van der Waals surface area contributed by atoms with Gasteiger partial charge >= 0.3 is 0 Å². The summed E-state index contributed by atoms with van der Waals surface area (Å²) in [5.41, 5.74) is -0.0630. The van der Waals surface area contributed by atoms with E-state index < -0.39 is 26.6 Å². The van der Waals surface area contributed by atoms with E-state index in [0.717, 1.165) is 18.2 Å². The molecule has 0 heterocycles. The van der Waals surface area contributed by atoms with Gasteiger partial charge in [-0.05, 0) is 25.1 Å². The van der Waals surface area contributed by atoms with Crippen molar-refractivity contribution in [3.05, 3.63) is 29.6 Å². The monoisotopic (exact) mass is 304 g/mol. The highest BCUT2D eigenvalue weighted by molar-refractivity contribution is 7.89. The topological polar surface area (TPSA) is 89.7 Å². The second-order valence-corrected chi connectivity index (χ2v) is 5.66. The molecule has 0 unspecified atom stereocenters. The van der Waals surface area contributed by atoms with Crippen molar-refractivity contribution in [1.82, 2.24) is 4.90 Å². The Morgan fingerprint density at radius 3 is 2.55 bits per heavy atom. The van der Waals surface area contributed by atoms with Crippen LogP contribution >= 0.6 is 0 Å². The molecule has 6 nitrogen and oxygen atoms in total. The summed E-state index contributed by atoms with van der Waals surface area (Å²) in [6.07, 6.45) is 0. The maximum Gasteiger partial charge on any atom is 0.254 e. The molecule has 0 spiro atoms. The van der Waals surface area contributed by atoms with Crippen molar-refractivity contribution in [3.63, 3.8) is 0 Å². The van der Waals surface area contributed by atoms with Crippen LogP contribution in [0, 0.1) is 5.82 Å². The molecule has 0 aliphatic heterocycles. The number of carbonyl (C=O) groups excluding carboxylic acids is 1. The lowest BCUT2D eigenvalue weighted by Crippen LogP contribution is -2.34. The summed E-state index contributed by atoms with van der Waals surface area (Å²) in [5, 5.41) is 4.94. The zero-order valence-corrected chi connectivity index (χ0v) is 12.1. The Morgan fingerprint density at radius 1 is 1.40 bits per heavy atom. The molecule has 1 amide bonds. The molecule has 0 saturated heterocycles. The Labute approximate surface area is 117 Å². The van der Waals surface area contributed by atoms with Crippen LogP contribution in [0.25, 0.3) is 0 Å². The number of hydrogen-bond acceptors (Lipinski definition) is 4. The van der Waals surface area contributed by atoms with Gasteiger partial charge in [0, 0.05) is 25.8 Å². The summed E-state index contributed by atoms with van der Waals surface area (Å²) >= 11 is 0. The Kier molecular flexibility index (Phi) is 5.61. The summed E-state index contributed by atoms with van der Waals surface area (Å²) < 4.78 is 40.8. The average Bonchev–Trinajstić information content (AvgIpc) is 2.37. The fraction of sp³-hybridized carbons (Fsp3) is 0.417. The molecule has 20 heavy (non-hydrogen) atoms. The first-order valence-corrected chi connectivity index (χ1v) is 7.45. The Morgan fingerprint density at radius 2 is 2.05 bits per heavy atom. The number of hydrogen-bond donors (Lipinski definition) is 1. The molecule has 0 radical (unpaired) electrons. The van der Waals surface area contributed by atoms with E-state index in [-0.39, 0.29) is 5.56 Å². The largest absolute Gasteiger partial charge is 0.383 e. The van der Waals surface area contributed by atoms with Crippen LogP contribution in [0.5, 0.6) is 0 Å². The van der Waals surface area contributed by atoms with Gasteiger partial charge in [-0.15, -0.1) is 0 Å². The normalized spacial score (nSPS) is 11.4. The third-order valence-electron chi connectivity index (χ3n) is 2.68. The molecule has 1 rings (SSSR count). The number of likely N-dealkylation sites (N-methyl/N-ethyl adjacent to an activating group) is 1. The minimum absolute atomic E-state index is 0.0630. The predicted octanol–water partition coefficient (Wildman–Crippen LogP) is 0.582. The lowest BCUT2D eigenvalue weighted by molar-refractivity contribution is 0.0705. The molecule has 0 aromatic heterocycles. The van der Waals surface area contributed by atoms with E-state index in [9.17, 15) is 17.6 Å². The van der Waals surface area contributed by atoms with Crippen molar-refractivity contribution in [2.24, 2.45) is 5.14 Å². The number of rotatable bonds is 6. The molecule has 2 N–H and O–H groups in total. The van der Waals surface area contributed by atoms with E-state index in [1.165, 1.54) is 12.0 Å². The number of carbonyl (C=O) groups is 1. The van der Waals surface area contributed by atoms with E-state index in [1.54, 1.807) is 6.92 Å². The summed E-state index contributed by atoms with van der Waals surface area (Å²) in [4.78, 5) is 13.2. The van der Waals surface area contributed by atoms with Crippen LogP contribution in [0.3, 0.4) is 0 Å². The molecule has 0 atom stereocenters. The SMILES string of the molecule is CCN(CCOC)C(=O)c1cc(F)cc(S(N)(=O)=O)c1. The van der Waals surface area contributed by atoms with Crippen molar-refractivity contribution in [2.75, 3.05) is 26.8 Å². The van der Waals surface area contributed by atoms with Crippen molar-refractivity contribution in [1.29, 1.82) is 0 Å². The standard InChI is InChI=1S/C12H17FN2O4S/c1-3-15(4-5-19-2)12(16)9-6-10(13)8-11(7-9)20(14,17)18/h6-8H,3-5H2,1-2H3,(H2,14,17,18). The molecule has 1 aromatic carbocycles. The number of ether oxygens (including phenoxy) is 1. The number of methoxy groups -OCH3 is 1. The lowest BCUT2D eigenvalue weighted by atomic mass is 10.2. The minimum atomic E-state index is -4.07. The number of nitrogens with two attached hydrogens (primary N) is 1. The number of amides is 1. The molecule has 0 aliphatic carbocycles. The van der Waals surface area contributed by atoms with Gasteiger partial charge in [0.1, 0.15) is 5.82 Å². The molecule has 0 bridgehead atoms. The van der Waals surface area contributed by atoms with Gasteiger partial charge in [-0.1, -0.05) is 0 Å². The summed E-state index contributed by atoms with van der Waals surface area (Å²) in [6, 6.07) is 2.82. The van der Waals surface area contributed by atoms with Crippen LogP contribution in [-0.2, 0) is 14.8 Å². The molecule has 8 heteroatoms. The highest BCUT2D eigenvalue weighted by Crippen LogP contribution is 2.15. The molecule has 1 aromatic rings. The van der Waals surface area contributed by atoms with Crippen molar-refractivity contribution in [2.45, 2.75) is 11.8 Å². The predicted molar refractivity (Wildman–Crippen MR) is 71.2 cm³/mol. The van der Waals surface area contributed by atoms with Crippen molar-refractivity contribution in [3.8, 4) is 0 Å². The van der Waals surface area contributed by atoms with Crippen LogP contribution in [-0.4, -0.2) is 46.0 Å². The zero-order valence-electron chi connectivity index (χ0n) is 11.3. The molecule has 0 aliphatic rings. The minimum Gasteiger partial charge on any atom is -0.383 e. The average molecular weight is 304 g/mol. The van der Waals surface area contributed by atoms with Gasteiger partial charge in [0.25, 0.3) is 5.91 Å². The van der Waals surface area contributed by atoms with Gasteiger partial charge in [-0.2, -0.15) is 0 Å². The third-order valence-corrected chi connectivity index (χ3v) is 3.57. The number of primary sulfonamides is 1. The van der Waals surface area contributed by atoms with Gasteiger partial charge in [0.15, 0.2) is 0 Å². The van der Waals surface area contributed by atoms with E-state index in [1.807, 2.05) is 0 Å². The highest BCUT2D eigenvalue weighted by Gasteiger charge is 2.18. The quantitative estimate of drug-likeness (QED) is 0.832. The van der Waals surface area contributed by atoms with E-state index in [4.69, 9.17) is 9.88 Å². The third kappa shape index (κ3) is 4.26. The van der Waals surface area contributed by atoms with E-state index in [0.29, 0.717) is 19.7 Å². The Balaban J connectivity index is 3.12. The van der Waals surface area contributed by atoms with Crippen LogP contribution < -0.4 is 5.14 Å². The number of nitrogens with zero attached hydrogens (tertiary/aromatic N) is 1. The first-order valence-electron chi connectivity index (χ1n) is 5.91. The molecular formula is C12H17FN2O4S. The Hall–Kier alpha value is -1.51. The van der Waals surface area contributed by atoms with Gasteiger partial charge in [-0.3, -0.25) is 4.79 Å². The van der Waals surface area contributed by atoms with Crippen LogP contribution in [0.2, 0.25) is 0 Å². The van der Waals surface area contributed by atoms with Crippen molar-refractivity contribution < 1.29 is 22.3 Å². The number of sulfonamides is 1. The fourth-order valence-electron chi connectivity index (χ4n) is 1.64. The van der Waals surface area contributed by atoms with Gasteiger partial charge < -0.3 is 9.64 Å². The summed E-state index contributed by atoms with van der Waals surface area (Å²) in [6.45, 7) is 2.81. The molecule has 0 saturated carbocycles. The highest BCUT2D eigenvalue weighted by atomic mass is 32.2. The number of benzene rings is 1. The van der Waals surface area contributed by atoms with Crippen molar-refractivity contribution >= 4 is 15.9 Å². The summed E-state index contributed by atoms with van der Waals surface area (Å²) in [5.74, 6) is -1.31. The van der Waals surface area contributed by atoms with Crippen LogP contribution in [0.1, 0.15) is 17.3 Å². The first kappa shape index (κ1) is 16.5. The zero-order chi connectivity index (χ0) is 15.3. The van der Waals surface area contributed by atoms with Crippen LogP contribution in [0.4, 0.5) is 4.39 Å². The smallest absolute Gasteiger partial charge is 0.254 e. The number of halogens is 1. The molecule has 0 fully saturated rings. The van der Waals surface area contributed by atoms with Gasteiger partial charge in [0.2, 0.25) is 10.0 Å². The lowest BCUT2D eigenvalue weighted by Gasteiger charge is -2.20. The second-order valence-electron chi connectivity index (χ2n) is 4.10.